The van der Waals surface area contributed by atoms with Crippen LogP contribution in [0.3, 0.4) is 0 Å². The number of ether oxygens (including phenoxy) is 1. The number of anilines is 1. The quantitative estimate of drug-likeness (QED) is 0.436. The van der Waals surface area contributed by atoms with Crippen LogP contribution in [-0.4, -0.2) is 17.8 Å². The van der Waals surface area contributed by atoms with Gasteiger partial charge in [0.2, 0.25) is 5.91 Å². The number of allylic oxidation sites excluding steroid dienone is 1. The fraction of sp³-hybridized carbons (Fsp3) is 0.227. The highest BCUT2D eigenvalue weighted by atomic mass is 16.5. The number of hydrogen-bond acceptors (Lipinski definition) is 4. The van der Waals surface area contributed by atoms with Crippen LogP contribution in [0.4, 0.5) is 5.69 Å². The van der Waals surface area contributed by atoms with E-state index >= 15 is 0 Å². The highest BCUT2D eigenvalue weighted by molar-refractivity contribution is 5.99. The van der Waals surface area contributed by atoms with E-state index in [-0.39, 0.29) is 11.8 Å². The van der Waals surface area contributed by atoms with Crippen LogP contribution in [-0.2, 0) is 16.1 Å². The van der Waals surface area contributed by atoms with E-state index in [4.69, 9.17) is 4.74 Å². The van der Waals surface area contributed by atoms with Gasteiger partial charge in [0.1, 0.15) is 5.75 Å². The molecule has 0 aromatic heterocycles. The molecule has 28 heavy (non-hydrogen) atoms. The molecule has 0 radical (unpaired) electrons. The van der Waals surface area contributed by atoms with E-state index < -0.39 is 5.97 Å². The first-order valence-corrected chi connectivity index (χ1v) is 8.98. The lowest BCUT2D eigenvalue weighted by molar-refractivity contribution is -0.131. The minimum Gasteiger partial charge on any atom is -0.427 e. The Morgan fingerprint density at radius 2 is 1.82 bits per heavy atom. The first-order chi connectivity index (χ1) is 13.3. The van der Waals surface area contributed by atoms with Crippen molar-refractivity contribution in [2.24, 2.45) is 5.92 Å². The van der Waals surface area contributed by atoms with Crippen LogP contribution in [0.5, 0.6) is 5.75 Å². The Bertz CT molecular complexity index is 888. The molecule has 0 fully saturated rings. The SMILES string of the molecule is CC(=O)Oc1cccc(C(=O)NCc2cccc(NC(=O)/C=C/C(C)C)c2)c1. The molecule has 2 N–H and O–H groups in total. The Balaban J connectivity index is 1.96. The van der Waals surface area contributed by atoms with Gasteiger partial charge >= 0.3 is 5.97 Å². The number of amides is 2. The topological polar surface area (TPSA) is 84.5 Å². The summed E-state index contributed by atoms with van der Waals surface area (Å²) in [5.41, 5.74) is 1.89. The molecule has 6 nitrogen and oxygen atoms in total. The summed E-state index contributed by atoms with van der Waals surface area (Å²) in [5.74, 6) is -0.314. The van der Waals surface area contributed by atoms with Gasteiger partial charge in [-0.25, -0.2) is 0 Å². The summed E-state index contributed by atoms with van der Waals surface area (Å²) in [4.78, 5) is 35.3. The predicted molar refractivity (Wildman–Crippen MR) is 108 cm³/mol. The maximum Gasteiger partial charge on any atom is 0.308 e. The third-order valence-corrected chi connectivity index (χ3v) is 3.64. The van der Waals surface area contributed by atoms with Gasteiger partial charge in [0.15, 0.2) is 0 Å². The standard InChI is InChI=1S/C22H24N2O4/c1-15(2)10-11-21(26)24-19-8-4-6-17(12-19)14-23-22(27)18-7-5-9-20(13-18)28-16(3)25/h4-13,15H,14H2,1-3H3,(H,23,27)(H,24,26)/b11-10+. The number of nitrogens with one attached hydrogen (secondary N) is 2. The van der Waals surface area contributed by atoms with Crippen LogP contribution in [0, 0.1) is 5.92 Å². The van der Waals surface area contributed by atoms with Crippen molar-refractivity contribution in [3.8, 4) is 5.75 Å². The second-order valence-corrected chi connectivity index (χ2v) is 6.60. The van der Waals surface area contributed by atoms with Crippen LogP contribution >= 0.6 is 0 Å². The third-order valence-electron chi connectivity index (χ3n) is 3.64. The lowest BCUT2D eigenvalue weighted by Crippen LogP contribution is -2.23. The van der Waals surface area contributed by atoms with Crippen LogP contribution in [0.1, 0.15) is 36.7 Å². The zero-order valence-corrected chi connectivity index (χ0v) is 16.2. The Labute approximate surface area is 164 Å². The van der Waals surface area contributed by atoms with Crippen molar-refractivity contribution in [2.45, 2.75) is 27.3 Å². The Kier molecular flexibility index (Phi) is 7.51. The van der Waals surface area contributed by atoms with E-state index in [1.165, 1.54) is 19.1 Å². The molecule has 0 unspecified atom stereocenters. The molecule has 146 valence electrons. The van der Waals surface area contributed by atoms with Gasteiger partial charge < -0.3 is 15.4 Å². The van der Waals surface area contributed by atoms with Crippen molar-refractivity contribution in [1.29, 1.82) is 0 Å². The van der Waals surface area contributed by atoms with E-state index in [2.05, 4.69) is 10.6 Å². The zero-order valence-electron chi connectivity index (χ0n) is 16.2. The van der Waals surface area contributed by atoms with Gasteiger partial charge in [-0.2, -0.15) is 0 Å². The normalized spacial score (nSPS) is 10.7. The lowest BCUT2D eigenvalue weighted by atomic mass is 10.1. The van der Waals surface area contributed by atoms with Crippen molar-refractivity contribution in [3.05, 3.63) is 71.8 Å². The summed E-state index contributed by atoms with van der Waals surface area (Å²) in [7, 11) is 0. The van der Waals surface area contributed by atoms with Gasteiger partial charge in [0, 0.05) is 24.7 Å². The monoisotopic (exact) mass is 380 g/mol. The number of hydrogen-bond donors (Lipinski definition) is 2. The van der Waals surface area contributed by atoms with Crippen molar-refractivity contribution in [1.82, 2.24) is 5.32 Å². The first kappa shape index (κ1) is 20.9. The van der Waals surface area contributed by atoms with Gasteiger partial charge in [-0.05, 0) is 47.9 Å². The second-order valence-electron chi connectivity index (χ2n) is 6.60. The number of benzene rings is 2. The molecule has 0 saturated heterocycles. The summed E-state index contributed by atoms with van der Waals surface area (Å²) >= 11 is 0. The molecule has 0 aliphatic carbocycles. The third kappa shape index (κ3) is 7.07. The molecule has 2 amide bonds. The van der Waals surface area contributed by atoms with Crippen LogP contribution in [0.2, 0.25) is 0 Å². The van der Waals surface area contributed by atoms with E-state index in [1.807, 2.05) is 32.1 Å². The summed E-state index contributed by atoms with van der Waals surface area (Å²) in [6, 6.07) is 13.7. The first-order valence-electron chi connectivity index (χ1n) is 8.98. The Hall–Kier alpha value is -3.41. The summed E-state index contributed by atoms with van der Waals surface area (Å²) in [6.07, 6.45) is 3.33. The highest BCUT2D eigenvalue weighted by Gasteiger charge is 2.08. The van der Waals surface area contributed by atoms with Crippen molar-refractivity contribution in [2.75, 3.05) is 5.32 Å². The molecule has 0 spiro atoms. The molecule has 0 heterocycles. The molecule has 0 saturated carbocycles. The van der Waals surface area contributed by atoms with Crippen LogP contribution in [0.25, 0.3) is 0 Å². The smallest absolute Gasteiger partial charge is 0.308 e. The molecule has 2 aromatic carbocycles. The molecule has 2 rings (SSSR count). The van der Waals surface area contributed by atoms with Crippen molar-refractivity contribution < 1.29 is 19.1 Å². The number of rotatable bonds is 7. The molecule has 0 bridgehead atoms. The van der Waals surface area contributed by atoms with Gasteiger partial charge in [-0.15, -0.1) is 0 Å². The minimum atomic E-state index is -0.445. The maximum atomic E-state index is 12.3. The zero-order chi connectivity index (χ0) is 20.5. The largest absolute Gasteiger partial charge is 0.427 e. The fourth-order valence-corrected chi connectivity index (χ4v) is 2.37. The molecular formula is C22H24N2O4. The van der Waals surface area contributed by atoms with Crippen LogP contribution in [0.15, 0.2) is 60.7 Å². The molecule has 0 aliphatic rings. The Morgan fingerprint density at radius 1 is 1.07 bits per heavy atom. The number of carbonyl (C=O) groups excluding carboxylic acids is 3. The van der Waals surface area contributed by atoms with Crippen LogP contribution < -0.4 is 15.4 Å². The number of carbonyl (C=O) groups is 3. The van der Waals surface area contributed by atoms with E-state index in [9.17, 15) is 14.4 Å². The van der Waals surface area contributed by atoms with E-state index in [0.29, 0.717) is 29.5 Å². The van der Waals surface area contributed by atoms with Crippen molar-refractivity contribution in [3.63, 3.8) is 0 Å². The van der Waals surface area contributed by atoms with E-state index in [0.717, 1.165) is 5.56 Å². The van der Waals surface area contributed by atoms with E-state index in [1.54, 1.807) is 30.3 Å². The summed E-state index contributed by atoms with van der Waals surface area (Å²) in [5, 5.41) is 5.61. The summed E-state index contributed by atoms with van der Waals surface area (Å²) in [6.45, 7) is 5.59. The predicted octanol–water partition coefficient (Wildman–Crippen LogP) is 3.69. The average molecular weight is 380 g/mol. The molecule has 2 aromatic rings. The molecular weight excluding hydrogens is 356 g/mol. The summed E-state index contributed by atoms with van der Waals surface area (Å²) < 4.78 is 4.99. The maximum absolute atomic E-state index is 12.3. The molecule has 6 heteroatoms. The number of esters is 1. The van der Waals surface area contributed by atoms with Gasteiger partial charge in [0.25, 0.3) is 5.91 Å². The minimum absolute atomic E-state index is 0.197. The second kappa shape index (κ2) is 10.1. The fourth-order valence-electron chi connectivity index (χ4n) is 2.37. The molecule has 0 atom stereocenters. The Morgan fingerprint density at radius 3 is 2.54 bits per heavy atom. The van der Waals surface area contributed by atoms with Gasteiger partial charge in [0.05, 0.1) is 0 Å². The lowest BCUT2D eigenvalue weighted by Gasteiger charge is -2.09. The van der Waals surface area contributed by atoms with Gasteiger partial charge in [-0.1, -0.05) is 38.1 Å². The van der Waals surface area contributed by atoms with Gasteiger partial charge in [-0.3, -0.25) is 14.4 Å². The highest BCUT2D eigenvalue weighted by Crippen LogP contribution is 2.14. The van der Waals surface area contributed by atoms with Crippen molar-refractivity contribution >= 4 is 23.5 Å². The molecule has 0 aliphatic heterocycles. The average Bonchev–Trinajstić information content (AvgIpc) is 2.64.